The highest BCUT2D eigenvalue weighted by Crippen LogP contribution is 2.36. The van der Waals surface area contributed by atoms with E-state index in [4.69, 9.17) is 9.47 Å². The molecule has 1 fully saturated rings. The highest BCUT2D eigenvalue weighted by atomic mass is 19.4. The largest absolute Gasteiger partial charge is 0.522 e. The first-order chi connectivity index (χ1) is 14.7. The molecule has 0 unspecified atom stereocenters. The highest BCUT2D eigenvalue weighted by molar-refractivity contribution is 5.95. The second-order valence-corrected chi connectivity index (χ2v) is 7.73. The highest BCUT2D eigenvalue weighted by Gasteiger charge is 2.33. The second kappa shape index (κ2) is 9.60. The van der Waals surface area contributed by atoms with Crippen LogP contribution in [0.1, 0.15) is 35.7 Å². The first kappa shape index (κ1) is 22.9. The van der Waals surface area contributed by atoms with E-state index in [-0.39, 0.29) is 29.4 Å². The molecule has 1 heterocycles. The molecule has 0 aromatic heterocycles. The summed E-state index contributed by atoms with van der Waals surface area (Å²) in [5.41, 5.74) is 1.75. The van der Waals surface area contributed by atoms with E-state index in [2.05, 4.69) is 23.8 Å². The number of alkyl halides is 3. The number of halogens is 3. The predicted molar refractivity (Wildman–Crippen MR) is 109 cm³/mol. The lowest BCUT2D eigenvalue weighted by atomic mass is 9.74. The van der Waals surface area contributed by atoms with Crippen LogP contribution >= 0.6 is 0 Å². The molecule has 8 heteroatoms. The molecule has 1 aliphatic heterocycles. The van der Waals surface area contributed by atoms with Gasteiger partial charge in [-0.1, -0.05) is 37.3 Å². The Morgan fingerprint density at radius 1 is 1.03 bits per heavy atom. The molecule has 1 aliphatic rings. The summed E-state index contributed by atoms with van der Waals surface area (Å²) in [7, 11) is 1.41. The lowest BCUT2D eigenvalue weighted by molar-refractivity contribution is -0.325. The number of ether oxygens (including phenoxy) is 3. The predicted octanol–water partition coefficient (Wildman–Crippen LogP) is 4.80. The smallest absolute Gasteiger partial charge is 0.493 e. The van der Waals surface area contributed by atoms with Crippen molar-refractivity contribution in [2.45, 2.75) is 31.5 Å². The van der Waals surface area contributed by atoms with Crippen molar-refractivity contribution in [3.8, 4) is 11.5 Å². The van der Waals surface area contributed by atoms with Gasteiger partial charge in [0.15, 0.2) is 11.5 Å². The Bertz CT molecular complexity index is 878. The van der Waals surface area contributed by atoms with Crippen LogP contribution in [0.4, 0.5) is 13.2 Å². The van der Waals surface area contributed by atoms with Gasteiger partial charge in [-0.25, -0.2) is 0 Å². The van der Waals surface area contributed by atoms with Crippen LogP contribution in [0.5, 0.6) is 11.5 Å². The number of carbonyl (C=O) groups excluding carboxylic acids is 1. The number of rotatable bonds is 7. The molecule has 5 nitrogen and oxygen atoms in total. The van der Waals surface area contributed by atoms with E-state index < -0.39 is 13.0 Å². The molecule has 31 heavy (non-hydrogen) atoms. The molecule has 1 amide bonds. The van der Waals surface area contributed by atoms with Crippen LogP contribution in [0.15, 0.2) is 48.5 Å². The number of carbonyl (C=O) groups is 1. The Labute approximate surface area is 179 Å². The topological polar surface area (TPSA) is 48.0 Å². The number of amides is 1. The molecule has 168 valence electrons. The van der Waals surface area contributed by atoms with Crippen molar-refractivity contribution in [3.05, 3.63) is 59.7 Å². The third-order valence-corrected chi connectivity index (χ3v) is 5.64. The van der Waals surface area contributed by atoms with Crippen molar-refractivity contribution in [2.24, 2.45) is 0 Å². The van der Waals surface area contributed by atoms with Gasteiger partial charge in [-0.3, -0.25) is 9.53 Å². The second-order valence-electron chi connectivity index (χ2n) is 7.73. The van der Waals surface area contributed by atoms with E-state index in [1.807, 2.05) is 23.1 Å². The first-order valence-corrected chi connectivity index (χ1v) is 10.1. The summed E-state index contributed by atoms with van der Waals surface area (Å²) < 4.78 is 50.4. The molecule has 0 atom stereocenters. The van der Waals surface area contributed by atoms with Crippen LogP contribution in [-0.2, 0) is 10.2 Å². The van der Waals surface area contributed by atoms with E-state index in [0.717, 1.165) is 12.8 Å². The van der Waals surface area contributed by atoms with Gasteiger partial charge >= 0.3 is 6.36 Å². The van der Waals surface area contributed by atoms with Crippen molar-refractivity contribution < 1.29 is 32.2 Å². The molecule has 2 aromatic rings. The Hall–Kier alpha value is -2.74. The fourth-order valence-corrected chi connectivity index (χ4v) is 3.74. The number of piperidine rings is 1. The molecule has 0 N–H and O–H groups in total. The third kappa shape index (κ3) is 5.91. The quantitative estimate of drug-likeness (QED) is 0.584. The van der Waals surface area contributed by atoms with Crippen LogP contribution in [0.3, 0.4) is 0 Å². The number of methoxy groups -OCH3 is 1. The van der Waals surface area contributed by atoms with Crippen LogP contribution in [-0.4, -0.2) is 50.6 Å². The average molecular weight is 437 g/mol. The fourth-order valence-electron chi connectivity index (χ4n) is 3.74. The lowest BCUT2D eigenvalue weighted by Gasteiger charge is -2.40. The number of hydrogen-bond acceptors (Lipinski definition) is 4. The third-order valence-electron chi connectivity index (χ3n) is 5.64. The van der Waals surface area contributed by atoms with Crippen molar-refractivity contribution in [3.63, 3.8) is 0 Å². The van der Waals surface area contributed by atoms with Crippen molar-refractivity contribution >= 4 is 5.91 Å². The van der Waals surface area contributed by atoms with E-state index in [9.17, 15) is 18.0 Å². The summed E-state index contributed by atoms with van der Waals surface area (Å²) in [4.78, 5) is 14.8. The van der Waals surface area contributed by atoms with E-state index in [1.54, 1.807) is 12.1 Å². The minimum atomic E-state index is -4.70. The summed E-state index contributed by atoms with van der Waals surface area (Å²) in [6.07, 6.45) is -2.98. The van der Waals surface area contributed by atoms with Gasteiger partial charge < -0.3 is 14.4 Å². The monoisotopic (exact) mass is 437 g/mol. The molecule has 0 bridgehead atoms. The standard InChI is InChI=1S/C23H26F3NO4/c1-22(18-6-4-3-5-7-18)10-12-27(13-11-22)21(28)17-8-9-19(20(16-17)29-2)30-14-15-31-23(24,25)26/h3-9,16H,10-15H2,1-2H3. The van der Waals surface area contributed by atoms with Crippen LogP contribution in [0.2, 0.25) is 0 Å². The summed E-state index contributed by atoms with van der Waals surface area (Å²) in [5.74, 6) is 0.421. The minimum Gasteiger partial charge on any atom is -0.493 e. The molecule has 0 aliphatic carbocycles. The maximum atomic E-state index is 13.0. The molecule has 0 spiro atoms. The first-order valence-electron chi connectivity index (χ1n) is 10.1. The molecule has 0 radical (unpaired) electrons. The van der Waals surface area contributed by atoms with Crippen molar-refractivity contribution in [1.82, 2.24) is 4.90 Å². The fraction of sp³-hybridized carbons (Fsp3) is 0.435. The lowest BCUT2D eigenvalue weighted by Crippen LogP contribution is -2.43. The zero-order valence-corrected chi connectivity index (χ0v) is 17.6. The van der Waals surface area contributed by atoms with Crippen molar-refractivity contribution in [1.29, 1.82) is 0 Å². The number of likely N-dealkylation sites (tertiary alicyclic amines) is 1. The summed E-state index contributed by atoms with van der Waals surface area (Å²) in [5, 5.41) is 0. The number of nitrogens with zero attached hydrogens (tertiary/aromatic N) is 1. The Balaban J connectivity index is 1.60. The van der Waals surface area contributed by atoms with Crippen LogP contribution in [0.25, 0.3) is 0 Å². The maximum Gasteiger partial charge on any atom is 0.522 e. The van der Waals surface area contributed by atoms with E-state index >= 15 is 0 Å². The number of hydrogen-bond donors (Lipinski definition) is 0. The Morgan fingerprint density at radius 2 is 1.71 bits per heavy atom. The van der Waals surface area contributed by atoms with Crippen LogP contribution < -0.4 is 9.47 Å². The van der Waals surface area contributed by atoms with E-state index in [0.29, 0.717) is 18.7 Å². The summed E-state index contributed by atoms with van der Waals surface area (Å²) >= 11 is 0. The summed E-state index contributed by atoms with van der Waals surface area (Å²) in [6.45, 7) is 2.57. The van der Waals surface area contributed by atoms with Gasteiger partial charge in [-0.2, -0.15) is 0 Å². The van der Waals surface area contributed by atoms with Gasteiger partial charge in [-0.05, 0) is 42.0 Å². The summed E-state index contributed by atoms with van der Waals surface area (Å²) in [6, 6.07) is 15.0. The normalized spacial score (nSPS) is 16.1. The van der Waals surface area contributed by atoms with Gasteiger partial charge in [0.1, 0.15) is 6.61 Å². The Kier molecular flexibility index (Phi) is 7.10. The zero-order valence-electron chi connectivity index (χ0n) is 17.6. The molecule has 1 saturated heterocycles. The average Bonchev–Trinajstić information content (AvgIpc) is 2.77. The molecular weight excluding hydrogens is 411 g/mol. The van der Waals surface area contributed by atoms with Gasteiger partial charge in [0.25, 0.3) is 5.91 Å². The maximum absolute atomic E-state index is 13.0. The van der Waals surface area contributed by atoms with Gasteiger partial charge in [0, 0.05) is 18.7 Å². The minimum absolute atomic E-state index is 0.0336. The SMILES string of the molecule is COc1cc(C(=O)N2CCC(C)(c3ccccc3)CC2)ccc1OCCOC(F)(F)F. The van der Waals surface area contributed by atoms with Gasteiger partial charge in [0.2, 0.25) is 0 Å². The van der Waals surface area contributed by atoms with Crippen LogP contribution in [0, 0.1) is 0 Å². The zero-order chi connectivity index (χ0) is 22.5. The van der Waals surface area contributed by atoms with Gasteiger partial charge in [0.05, 0.1) is 13.7 Å². The van der Waals surface area contributed by atoms with Gasteiger partial charge in [-0.15, -0.1) is 13.2 Å². The molecule has 3 rings (SSSR count). The number of benzene rings is 2. The molecule has 2 aromatic carbocycles. The van der Waals surface area contributed by atoms with Crippen molar-refractivity contribution in [2.75, 3.05) is 33.4 Å². The molecular formula is C23H26F3NO4. The molecule has 0 saturated carbocycles. The van der Waals surface area contributed by atoms with E-state index in [1.165, 1.54) is 18.7 Å². The Morgan fingerprint density at radius 3 is 2.32 bits per heavy atom.